The Labute approximate surface area is 121 Å². The van der Waals surface area contributed by atoms with Crippen LogP contribution in [-0.4, -0.2) is 35.3 Å². The smallest absolute Gasteiger partial charge is 0.238 e. The van der Waals surface area contributed by atoms with Crippen molar-refractivity contribution in [1.29, 1.82) is 0 Å². The molecule has 18 heavy (non-hydrogen) atoms. The zero-order valence-electron chi connectivity index (χ0n) is 10.7. The molecule has 1 aromatic rings. The van der Waals surface area contributed by atoms with Crippen LogP contribution in [0, 0.1) is 0 Å². The second kappa shape index (κ2) is 6.43. The van der Waals surface area contributed by atoms with Crippen LogP contribution in [0.2, 0.25) is 5.02 Å². The maximum atomic E-state index is 11.9. The van der Waals surface area contributed by atoms with Gasteiger partial charge < -0.3 is 9.64 Å². The third kappa shape index (κ3) is 4.86. The molecule has 0 fully saturated rings. The van der Waals surface area contributed by atoms with Crippen molar-refractivity contribution < 1.29 is 9.53 Å². The highest BCUT2D eigenvalue weighted by molar-refractivity contribution is 9.10. The summed E-state index contributed by atoms with van der Waals surface area (Å²) in [5, 5.41) is 0.677. The molecule has 0 atom stereocenters. The Morgan fingerprint density at radius 3 is 2.44 bits per heavy atom. The molecule has 0 heterocycles. The van der Waals surface area contributed by atoms with E-state index in [9.17, 15) is 4.79 Å². The van der Waals surface area contributed by atoms with Gasteiger partial charge in [0.15, 0.2) is 0 Å². The standard InChI is InChI=1S/C13H17BrClNO2/c1-13(2,14)12(17)16(3)8-9-18-11-6-4-10(15)5-7-11/h4-7H,8-9H2,1-3H3. The van der Waals surface area contributed by atoms with Crippen molar-refractivity contribution in [3.05, 3.63) is 29.3 Å². The number of amides is 1. The van der Waals surface area contributed by atoms with E-state index in [2.05, 4.69) is 15.9 Å². The van der Waals surface area contributed by atoms with Crippen molar-refractivity contribution in [2.75, 3.05) is 20.2 Å². The monoisotopic (exact) mass is 333 g/mol. The molecule has 0 saturated carbocycles. The maximum Gasteiger partial charge on any atom is 0.238 e. The Morgan fingerprint density at radius 2 is 1.94 bits per heavy atom. The van der Waals surface area contributed by atoms with Gasteiger partial charge in [-0.15, -0.1) is 0 Å². The molecule has 5 heteroatoms. The number of ether oxygens (including phenoxy) is 1. The highest BCUT2D eigenvalue weighted by atomic mass is 79.9. The lowest BCUT2D eigenvalue weighted by Crippen LogP contribution is -2.41. The molecule has 0 bridgehead atoms. The fourth-order valence-electron chi connectivity index (χ4n) is 1.39. The fraction of sp³-hybridized carbons (Fsp3) is 0.462. The summed E-state index contributed by atoms with van der Waals surface area (Å²) in [5.74, 6) is 0.778. The van der Waals surface area contributed by atoms with E-state index in [1.807, 2.05) is 13.8 Å². The Kier molecular flexibility index (Phi) is 5.47. The molecule has 0 aliphatic carbocycles. The SMILES string of the molecule is CN(CCOc1ccc(Cl)cc1)C(=O)C(C)(C)Br. The molecular weight excluding hydrogens is 318 g/mol. The maximum absolute atomic E-state index is 11.9. The molecule has 1 amide bonds. The van der Waals surface area contributed by atoms with E-state index >= 15 is 0 Å². The summed E-state index contributed by atoms with van der Waals surface area (Å²) in [6.45, 7) is 4.64. The molecule has 0 radical (unpaired) electrons. The summed E-state index contributed by atoms with van der Waals surface area (Å²) in [5.41, 5.74) is 0. The lowest BCUT2D eigenvalue weighted by atomic mass is 10.2. The van der Waals surface area contributed by atoms with Gasteiger partial charge in [0.25, 0.3) is 0 Å². The van der Waals surface area contributed by atoms with Crippen LogP contribution in [0.25, 0.3) is 0 Å². The van der Waals surface area contributed by atoms with Gasteiger partial charge >= 0.3 is 0 Å². The van der Waals surface area contributed by atoms with Crippen LogP contribution in [0.3, 0.4) is 0 Å². The largest absolute Gasteiger partial charge is 0.492 e. The number of benzene rings is 1. The van der Waals surface area contributed by atoms with E-state index in [-0.39, 0.29) is 5.91 Å². The average molecular weight is 335 g/mol. The zero-order chi connectivity index (χ0) is 13.8. The number of halogens is 2. The Morgan fingerprint density at radius 1 is 1.39 bits per heavy atom. The number of carbonyl (C=O) groups is 1. The third-order valence-electron chi connectivity index (χ3n) is 2.36. The van der Waals surface area contributed by atoms with Crippen LogP contribution in [0.1, 0.15) is 13.8 Å². The van der Waals surface area contributed by atoms with Gasteiger partial charge in [0.2, 0.25) is 5.91 Å². The van der Waals surface area contributed by atoms with Gasteiger partial charge in [-0.25, -0.2) is 0 Å². The molecule has 0 saturated heterocycles. The lowest BCUT2D eigenvalue weighted by Gasteiger charge is -2.24. The van der Waals surface area contributed by atoms with Crippen molar-refractivity contribution in [2.24, 2.45) is 0 Å². The van der Waals surface area contributed by atoms with Gasteiger partial charge in [-0.1, -0.05) is 27.5 Å². The number of nitrogens with zero attached hydrogens (tertiary/aromatic N) is 1. The van der Waals surface area contributed by atoms with Crippen LogP contribution in [0.15, 0.2) is 24.3 Å². The summed E-state index contributed by atoms with van der Waals surface area (Å²) in [7, 11) is 1.76. The summed E-state index contributed by atoms with van der Waals surface area (Å²) in [6.07, 6.45) is 0. The molecular formula is C13H17BrClNO2. The van der Waals surface area contributed by atoms with Gasteiger partial charge in [-0.2, -0.15) is 0 Å². The zero-order valence-corrected chi connectivity index (χ0v) is 13.1. The van der Waals surface area contributed by atoms with Crippen molar-refractivity contribution >= 4 is 33.4 Å². The second-order valence-electron chi connectivity index (χ2n) is 4.50. The Balaban J connectivity index is 2.38. The highest BCUT2D eigenvalue weighted by Gasteiger charge is 2.26. The van der Waals surface area contributed by atoms with Gasteiger partial charge in [-0.05, 0) is 38.1 Å². The van der Waals surface area contributed by atoms with Gasteiger partial charge in [0, 0.05) is 12.1 Å². The minimum Gasteiger partial charge on any atom is -0.492 e. The molecule has 0 unspecified atom stereocenters. The number of alkyl halides is 1. The first-order chi connectivity index (χ1) is 8.30. The minimum absolute atomic E-state index is 0.0298. The normalized spacial score (nSPS) is 11.2. The molecule has 0 spiro atoms. The van der Waals surface area contributed by atoms with Crippen molar-refractivity contribution in [2.45, 2.75) is 18.2 Å². The van der Waals surface area contributed by atoms with Crippen LogP contribution < -0.4 is 4.74 Å². The predicted molar refractivity (Wildman–Crippen MR) is 77.6 cm³/mol. The molecule has 0 aromatic heterocycles. The minimum atomic E-state index is -0.540. The number of rotatable bonds is 5. The first kappa shape index (κ1) is 15.3. The summed E-state index contributed by atoms with van der Waals surface area (Å²) in [6, 6.07) is 7.15. The van der Waals surface area contributed by atoms with Crippen LogP contribution in [0.4, 0.5) is 0 Å². The quantitative estimate of drug-likeness (QED) is 0.773. The van der Waals surface area contributed by atoms with Crippen LogP contribution >= 0.6 is 27.5 Å². The molecule has 0 aliphatic rings. The van der Waals surface area contributed by atoms with Crippen LogP contribution in [-0.2, 0) is 4.79 Å². The molecule has 0 aliphatic heterocycles. The first-order valence-corrected chi connectivity index (χ1v) is 6.80. The highest BCUT2D eigenvalue weighted by Crippen LogP contribution is 2.18. The van der Waals surface area contributed by atoms with E-state index in [0.717, 1.165) is 5.75 Å². The number of carbonyl (C=O) groups excluding carboxylic acids is 1. The van der Waals surface area contributed by atoms with Gasteiger partial charge in [0.05, 0.1) is 10.9 Å². The molecule has 100 valence electrons. The van der Waals surface area contributed by atoms with Crippen molar-refractivity contribution in [1.82, 2.24) is 4.90 Å². The summed E-state index contributed by atoms with van der Waals surface area (Å²) < 4.78 is 4.99. The van der Waals surface area contributed by atoms with Crippen molar-refractivity contribution in [3.8, 4) is 5.75 Å². The third-order valence-corrected chi connectivity index (χ3v) is 2.96. The van der Waals surface area contributed by atoms with Crippen molar-refractivity contribution in [3.63, 3.8) is 0 Å². The van der Waals surface area contributed by atoms with E-state index in [1.54, 1.807) is 36.2 Å². The fourth-order valence-corrected chi connectivity index (χ4v) is 1.82. The van der Waals surface area contributed by atoms with E-state index in [1.165, 1.54) is 0 Å². The van der Waals surface area contributed by atoms with E-state index in [0.29, 0.717) is 18.2 Å². The average Bonchev–Trinajstić information content (AvgIpc) is 2.29. The number of likely N-dealkylation sites (N-methyl/N-ethyl adjacent to an activating group) is 1. The summed E-state index contributed by atoms with van der Waals surface area (Å²) >= 11 is 9.12. The van der Waals surface area contributed by atoms with E-state index in [4.69, 9.17) is 16.3 Å². The molecule has 0 N–H and O–H groups in total. The van der Waals surface area contributed by atoms with Gasteiger partial charge in [0.1, 0.15) is 12.4 Å². The topological polar surface area (TPSA) is 29.5 Å². The number of hydrogen-bond acceptors (Lipinski definition) is 2. The van der Waals surface area contributed by atoms with Crippen LogP contribution in [0.5, 0.6) is 5.75 Å². The number of hydrogen-bond donors (Lipinski definition) is 0. The Bertz CT molecular complexity index is 400. The summed E-state index contributed by atoms with van der Waals surface area (Å²) in [4.78, 5) is 13.5. The Hall–Kier alpha value is -0.740. The molecule has 1 aromatic carbocycles. The van der Waals surface area contributed by atoms with E-state index < -0.39 is 4.32 Å². The van der Waals surface area contributed by atoms with Gasteiger partial charge in [-0.3, -0.25) is 4.79 Å². The second-order valence-corrected chi connectivity index (χ2v) is 6.92. The lowest BCUT2D eigenvalue weighted by molar-refractivity contribution is -0.131. The predicted octanol–water partition coefficient (Wildman–Crippen LogP) is 3.35. The molecule has 3 nitrogen and oxygen atoms in total. The first-order valence-electron chi connectivity index (χ1n) is 5.63. The molecule has 1 rings (SSSR count).